The van der Waals surface area contributed by atoms with Crippen LogP contribution in [0.15, 0.2) is 29.2 Å². The fourth-order valence-corrected chi connectivity index (χ4v) is 5.18. The molecule has 1 saturated heterocycles. The second-order valence-electron chi connectivity index (χ2n) is 7.39. The molecule has 9 heteroatoms. The first-order chi connectivity index (χ1) is 12.3. The first kappa shape index (κ1) is 22.1. The van der Waals surface area contributed by atoms with Gasteiger partial charge in [0.25, 0.3) is 0 Å². The Kier molecular flexibility index (Phi) is 7.24. The van der Waals surface area contributed by atoms with E-state index in [1.807, 2.05) is 0 Å². The van der Waals surface area contributed by atoms with Crippen molar-refractivity contribution in [2.24, 2.45) is 5.73 Å². The second-order valence-corrected chi connectivity index (χ2v) is 9.10. The summed E-state index contributed by atoms with van der Waals surface area (Å²) in [5, 5.41) is 0. The van der Waals surface area contributed by atoms with E-state index < -0.39 is 27.4 Å². The number of rotatable bonds is 4. The van der Waals surface area contributed by atoms with Crippen molar-refractivity contribution in [1.82, 2.24) is 9.62 Å². The molecule has 2 fully saturated rings. The predicted molar refractivity (Wildman–Crippen MR) is 104 cm³/mol. The van der Waals surface area contributed by atoms with Crippen molar-refractivity contribution >= 4 is 28.3 Å². The molecule has 3 rings (SSSR count). The fraction of sp³-hybridized carbons (Fsp3) is 0.611. The standard InChI is InChI=1S/C18H26FN3O3S.ClH/c19-14-6-4-8-16(12-14)26(24,25)21-15-7-5-11-22(13-15)17(23)18(20)9-2-1-3-10-18;/h4,6,8,12,15,21H,1-3,5,7,9-11,13,20H2;1H. The third-order valence-corrected chi connectivity index (χ3v) is 6.83. The van der Waals surface area contributed by atoms with Gasteiger partial charge in [0.2, 0.25) is 15.9 Å². The Bertz CT molecular complexity index is 769. The van der Waals surface area contributed by atoms with Crippen LogP contribution >= 0.6 is 12.4 Å². The molecule has 1 aliphatic carbocycles. The molecule has 1 atom stereocenters. The van der Waals surface area contributed by atoms with E-state index in [0.29, 0.717) is 38.8 Å². The van der Waals surface area contributed by atoms with Crippen LogP contribution in [0, 0.1) is 5.82 Å². The van der Waals surface area contributed by atoms with Gasteiger partial charge in [-0.3, -0.25) is 4.79 Å². The van der Waals surface area contributed by atoms with Crippen LogP contribution in [0.4, 0.5) is 4.39 Å². The number of piperidine rings is 1. The van der Waals surface area contributed by atoms with Gasteiger partial charge in [0, 0.05) is 19.1 Å². The molecule has 1 saturated carbocycles. The molecule has 0 spiro atoms. The van der Waals surface area contributed by atoms with Gasteiger partial charge in [0.1, 0.15) is 5.82 Å². The number of hydrogen-bond acceptors (Lipinski definition) is 4. The molecule has 0 bridgehead atoms. The Hall–Kier alpha value is -1.22. The summed E-state index contributed by atoms with van der Waals surface area (Å²) in [7, 11) is -3.83. The highest BCUT2D eigenvalue weighted by Gasteiger charge is 2.40. The molecule has 152 valence electrons. The molecule has 2 aliphatic rings. The van der Waals surface area contributed by atoms with Gasteiger partial charge in [-0.15, -0.1) is 12.4 Å². The first-order valence-corrected chi connectivity index (χ1v) is 10.6. The molecule has 6 nitrogen and oxygen atoms in total. The monoisotopic (exact) mass is 419 g/mol. The number of carbonyl (C=O) groups is 1. The fourth-order valence-electron chi connectivity index (χ4n) is 3.89. The van der Waals surface area contributed by atoms with E-state index in [9.17, 15) is 17.6 Å². The summed E-state index contributed by atoms with van der Waals surface area (Å²) in [5.41, 5.74) is 5.52. The quantitative estimate of drug-likeness (QED) is 0.782. The highest BCUT2D eigenvalue weighted by Crippen LogP contribution is 2.29. The number of nitrogens with one attached hydrogen (secondary N) is 1. The Morgan fingerprint density at radius 1 is 1.22 bits per heavy atom. The van der Waals surface area contributed by atoms with Crippen molar-refractivity contribution in [3.05, 3.63) is 30.1 Å². The number of nitrogens with two attached hydrogens (primary N) is 1. The summed E-state index contributed by atoms with van der Waals surface area (Å²) in [6.45, 7) is 0.891. The van der Waals surface area contributed by atoms with Gasteiger partial charge < -0.3 is 10.6 Å². The van der Waals surface area contributed by atoms with Gasteiger partial charge in [0.05, 0.1) is 10.4 Å². The van der Waals surface area contributed by atoms with Crippen LogP contribution in [0.2, 0.25) is 0 Å². The predicted octanol–water partition coefficient (Wildman–Crippen LogP) is 2.18. The zero-order chi connectivity index (χ0) is 18.8. The Labute approximate surface area is 166 Å². The average molecular weight is 420 g/mol. The van der Waals surface area contributed by atoms with Crippen LogP contribution in [0.1, 0.15) is 44.9 Å². The molecular weight excluding hydrogens is 393 g/mol. The maximum atomic E-state index is 13.3. The molecule has 0 aromatic heterocycles. The summed E-state index contributed by atoms with van der Waals surface area (Å²) in [5.74, 6) is -0.678. The maximum Gasteiger partial charge on any atom is 0.242 e. The van der Waals surface area contributed by atoms with Gasteiger partial charge in [-0.05, 0) is 43.9 Å². The van der Waals surface area contributed by atoms with Crippen molar-refractivity contribution in [2.45, 2.75) is 61.4 Å². The minimum absolute atomic E-state index is 0. The van der Waals surface area contributed by atoms with Gasteiger partial charge in [-0.2, -0.15) is 0 Å². The van der Waals surface area contributed by atoms with E-state index in [1.165, 1.54) is 18.2 Å². The molecule has 1 amide bonds. The molecule has 3 N–H and O–H groups in total. The molecule has 1 heterocycles. The number of sulfonamides is 1. The van der Waals surface area contributed by atoms with Crippen molar-refractivity contribution in [3.63, 3.8) is 0 Å². The van der Waals surface area contributed by atoms with Crippen LogP contribution in [0.5, 0.6) is 0 Å². The summed E-state index contributed by atoms with van der Waals surface area (Å²) in [6.07, 6.45) is 5.71. The maximum absolute atomic E-state index is 13.3. The Balaban J connectivity index is 0.00000261. The zero-order valence-corrected chi connectivity index (χ0v) is 16.8. The zero-order valence-electron chi connectivity index (χ0n) is 15.2. The molecule has 1 aromatic rings. The second kappa shape index (κ2) is 8.86. The third kappa shape index (κ3) is 5.19. The molecule has 0 radical (unpaired) electrons. The van der Waals surface area contributed by atoms with E-state index in [1.54, 1.807) is 4.90 Å². The lowest BCUT2D eigenvalue weighted by atomic mass is 9.81. The van der Waals surface area contributed by atoms with Crippen molar-refractivity contribution in [1.29, 1.82) is 0 Å². The largest absolute Gasteiger partial charge is 0.340 e. The third-order valence-electron chi connectivity index (χ3n) is 5.31. The normalized spacial score (nSPS) is 22.7. The van der Waals surface area contributed by atoms with Gasteiger partial charge in [-0.1, -0.05) is 25.3 Å². The average Bonchev–Trinajstić information content (AvgIpc) is 2.61. The van der Waals surface area contributed by atoms with E-state index in [4.69, 9.17) is 5.73 Å². The van der Waals surface area contributed by atoms with Gasteiger partial charge in [0.15, 0.2) is 0 Å². The van der Waals surface area contributed by atoms with Crippen LogP contribution in [0.3, 0.4) is 0 Å². The lowest BCUT2D eigenvalue weighted by molar-refractivity contribution is -0.139. The first-order valence-electron chi connectivity index (χ1n) is 9.16. The molecule has 27 heavy (non-hydrogen) atoms. The highest BCUT2D eigenvalue weighted by molar-refractivity contribution is 7.89. The van der Waals surface area contributed by atoms with Crippen LogP contribution in [-0.2, 0) is 14.8 Å². The molecule has 1 unspecified atom stereocenters. The lowest BCUT2D eigenvalue weighted by Gasteiger charge is -2.40. The number of likely N-dealkylation sites (tertiary alicyclic amines) is 1. The Morgan fingerprint density at radius 2 is 1.93 bits per heavy atom. The van der Waals surface area contributed by atoms with Crippen LogP contribution in [-0.4, -0.2) is 43.9 Å². The number of amides is 1. The SMILES string of the molecule is Cl.NC1(C(=O)N2CCCC(NS(=O)(=O)c3cccc(F)c3)C2)CCCCC1. The number of nitrogens with zero attached hydrogens (tertiary/aromatic N) is 1. The van der Waals surface area contributed by atoms with E-state index in [-0.39, 0.29) is 23.2 Å². The van der Waals surface area contributed by atoms with Crippen LogP contribution in [0.25, 0.3) is 0 Å². The van der Waals surface area contributed by atoms with Gasteiger partial charge >= 0.3 is 0 Å². The minimum atomic E-state index is -3.83. The summed E-state index contributed by atoms with van der Waals surface area (Å²) >= 11 is 0. The molecular formula is C18H27ClFN3O3S. The number of halogens is 2. The molecule has 1 aliphatic heterocycles. The lowest BCUT2D eigenvalue weighted by Crippen LogP contribution is -2.60. The topological polar surface area (TPSA) is 92.5 Å². The van der Waals surface area contributed by atoms with Gasteiger partial charge in [-0.25, -0.2) is 17.5 Å². The summed E-state index contributed by atoms with van der Waals surface area (Å²) in [6, 6.07) is 4.51. The minimum Gasteiger partial charge on any atom is -0.340 e. The van der Waals surface area contributed by atoms with E-state index in [2.05, 4.69) is 4.72 Å². The summed E-state index contributed by atoms with van der Waals surface area (Å²) in [4.78, 5) is 14.5. The number of carbonyl (C=O) groups excluding carboxylic acids is 1. The summed E-state index contributed by atoms with van der Waals surface area (Å²) < 4.78 is 40.9. The van der Waals surface area contributed by atoms with E-state index >= 15 is 0 Å². The smallest absolute Gasteiger partial charge is 0.242 e. The number of hydrogen-bond donors (Lipinski definition) is 2. The number of benzene rings is 1. The van der Waals surface area contributed by atoms with Crippen molar-refractivity contribution in [2.75, 3.05) is 13.1 Å². The Morgan fingerprint density at radius 3 is 2.59 bits per heavy atom. The van der Waals surface area contributed by atoms with E-state index in [0.717, 1.165) is 25.3 Å². The van der Waals surface area contributed by atoms with Crippen molar-refractivity contribution < 1.29 is 17.6 Å². The van der Waals surface area contributed by atoms with Crippen LogP contribution < -0.4 is 10.5 Å². The van der Waals surface area contributed by atoms with Crippen molar-refractivity contribution in [3.8, 4) is 0 Å². The molecule has 1 aromatic carbocycles. The highest BCUT2D eigenvalue weighted by atomic mass is 35.5.